The van der Waals surface area contributed by atoms with E-state index in [1.807, 2.05) is 17.5 Å². The smallest absolute Gasteiger partial charge is 0.255 e. The predicted octanol–water partition coefficient (Wildman–Crippen LogP) is 1.75. The molecular formula is C28H32Cl2N4O8S. The van der Waals surface area contributed by atoms with Crippen LogP contribution in [0.25, 0.3) is 0 Å². The number of anilines is 1. The van der Waals surface area contributed by atoms with Crippen molar-refractivity contribution in [1.29, 1.82) is 0 Å². The lowest BCUT2D eigenvalue weighted by Gasteiger charge is -2.50. The van der Waals surface area contributed by atoms with Crippen molar-refractivity contribution in [2.24, 2.45) is 17.6 Å². The third-order valence-electron chi connectivity index (χ3n) is 8.03. The molecule has 3 aliphatic carbocycles. The highest BCUT2D eigenvalue weighted by molar-refractivity contribution is 7.09. The third-order valence-corrected chi connectivity index (χ3v) is 8.91. The average molecular weight is 656 g/mol. The molecule has 1 aromatic heterocycles. The lowest BCUT2D eigenvalue weighted by Crippen LogP contribution is -2.63. The summed E-state index contributed by atoms with van der Waals surface area (Å²) in [5.74, 6) is -7.69. The van der Waals surface area contributed by atoms with Crippen molar-refractivity contribution in [1.82, 2.24) is 10.2 Å². The number of likely N-dealkylation sites (N-methyl/N-ethyl adjacent to an activating group) is 1. The number of amides is 2. The molecule has 0 fully saturated rings. The number of benzene rings is 1. The van der Waals surface area contributed by atoms with Crippen LogP contribution in [0.4, 0.5) is 5.69 Å². The summed E-state index contributed by atoms with van der Waals surface area (Å²) < 4.78 is 0. The van der Waals surface area contributed by atoms with Gasteiger partial charge in [-0.2, -0.15) is 0 Å². The Hall–Kier alpha value is -3.46. The number of aliphatic hydroxyl groups excluding tert-OH is 2. The Bertz CT molecular complexity index is 1540. The van der Waals surface area contributed by atoms with E-state index in [-0.39, 0.29) is 61.0 Å². The normalized spacial score (nSPS) is 24.4. The summed E-state index contributed by atoms with van der Waals surface area (Å²) in [6.07, 6.45) is 0.166. The Kier molecular flexibility index (Phi) is 10.0. The number of rotatable bonds is 7. The van der Waals surface area contributed by atoms with E-state index in [0.717, 1.165) is 4.88 Å². The summed E-state index contributed by atoms with van der Waals surface area (Å²) in [4.78, 5) is 54.2. The van der Waals surface area contributed by atoms with Gasteiger partial charge in [0.25, 0.3) is 5.91 Å². The molecule has 43 heavy (non-hydrogen) atoms. The maximum absolute atomic E-state index is 13.8. The van der Waals surface area contributed by atoms with Crippen LogP contribution in [0, 0.1) is 11.8 Å². The van der Waals surface area contributed by atoms with Crippen LogP contribution in [0.3, 0.4) is 0 Å². The van der Waals surface area contributed by atoms with E-state index in [1.165, 1.54) is 11.0 Å². The monoisotopic (exact) mass is 654 g/mol. The number of hydrogen-bond donors (Lipinski definition) is 7. The molecule has 232 valence electrons. The Labute approximate surface area is 263 Å². The van der Waals surface area contributed by atoms with Crippen LogP contribution in [0.15, 0.2) is 52.3 Å². The lowest BCUT2D eigenvalue weighted by molar-refractivity contribution is -0.148. The molecule has 0 spiro atoms. The number of primary amides is 1. The number of thiophene rings is 1. The van der Waals surface area contributed by atoms with Crippen LogP contribution < -0.4 is 16.4 Å². The van der Waals surface area contributed by atoms with E-state index in [9.17, 15) is 39.6 Å². The highest BCUT2D eigenvalue weighted by Crippen LogP contribution is 2.52. The summed E-state index contributed by atoms with van der Waals surface area (Å²) in [6, 6.07) is 5.84. The predicted molar refractivity (Wildman–Crippen MR) is 163 cm³/mol. The minimum Gasteiger partial charge on any atom is -0.510 e. The second kappa shape index (κ2) is 12.6. The zero-order valence-corrected chi connectivity index (χ0v) is 25.6. The average Bonchev–Trinajstić information content (AvgIpc) is 3.41. The Morgan fingerprint density at radius 2 is 1.84 bits per heavy atom. The van der Waals surface area contributed by atoms with Gasteiger partial charge in [-0.15, -0.1) is 36.2 Å². The van der Waals surface area contributed by atoms with E-state index < -0.39 is 69.7 Å². The second-order valence-electron chi connectivity index (χ2n) is 10.7. The summed E-state index contributed by atoms with van der Waals surface area (Å²) in [5.41, 5.74) is 1.78. The standard InChI is InChI=1S/C28H30N4O8S.2ClH/c1-32(2)21-15-9-13-8-12-5-6-16(31-17(33)11-30-10-14-4-3-7-41-14)22(34)18(12)23(35)19(13)25(37)28(15,40)26(38)20(24(21)36)27(29)39;;/h3-7,13,15,21,30,34,36-37,40H,8-11H2,1-2H3,(H2,29,39)(H,31,33);2*1H/t13?,15?,21-,28?;;/m0../s1. The van der Waals surface area contributed by atoms with Gasteiger partial charge in [0.2, 0.25) is 11.7 Å². The van der Waals surface area contributed by atoms with Crippen molar-refractivity contribution in [3.05, 3.63) is 68.3 Å². The van der Waals surface area contributed by atoms with Gasteiger partial charge >= 0.3 is 0 Å². The largest absolute Gasteiger partial charge is 0.510 e. The van der Waals surface area contributed by atoms with Crippen molar-refractivity contribution >= 4 is 65.2 Å². The number of phenolic OH excluding ortho intramolecular Hbond substituents is 1. The van der Waals surface area contributed by atoms with Gasteiger partial charge in [-0.25, -0.2) is 0 Å². The Balaban J connectivity index is 0.00000253. The summed E-state index contributed by atoms with van der Waals surface area (Å²) >= 11 is 1.54. The molecule has 1 heterocycles. The van der Waals surface area contributed by atoms with Crippen LogP contribution in [0.1, 0.15) is 27.2 Å². The molecule has 0 saturated heterocycles. The summed E-state index contributed by atoms with van der Waals surface area (Å²) in [5, 5.41) is 52.3. The minimum atomic E-state index is -2.71. The van der Waals surface area contributed by atoms with E-state index in [2.05, 4.69) is 10.6 Å². The molecule has 3 unspecified atom stereocenters. The van der Waals surface area contributed by atoms with Gasteiger partial charge in [0.15, 0.2) is 17.1 Å². The fourth-order valence-corrected chi connectivity index (χ4v) is 6.91. The van der Waals surface area contributed by atoms with E-state index in [4.69, 9.17) is 5.73 Å². The lowest BCUT2D eigenvalue weighted by atomic mass is 9.58. The van der Waals surface area contributed by atoms with Crippen LogP contribution in [-0.2, 0) is 27.3 Å². The number of fused-ring (bicyclic) bond motifs is 3. The molecule has 0 radical (unpaired) electrons. The number of carbonyl (C=O) groups excluding carboxylic acids is 4. The molecular weight excluding hydrogens is 623 g/mol. The summed E-state index contributed by atoms with van der Waals surface area (Å²) in [7, 11) is 3.14. The van der Waals surface area contributed by atoms with Gasteiger partial charge in [0.05, 0.1) is 23.8 Å². The first-order chi connectivity index (χ1) is 19.4. The van der Waals surface area contributed by atoms with E-state index in [1.54, 1.807) is 31.5 Å². The fraction of sp³-hybridized carbons (Fsp3) is 0.357. The molecule has 3 aliphatic rings. The maximum Gasteiger partial charge on any atom is 0.255 e. The minimum absolute atomic E-state index is 0. The highest BCUT2D eigenvalue weighted by Gasteiger charge is 2.63. The number of halogens is 2. The molecule has 8 N–H and O–H groups in total. The number of phenols is 1. The molecule has 1 aromatic carbocycles. The number of aliphatic hydroxyl groups is 3. The van der Waals surface area contributed by atoms with Crippen molar-refractivity contribution in [3.63, 3.8) is 0 Å². The maximum atomic E-state index is 13.8. The Morgan fingerprint density at radius 3 is 2.44 bits per heavy atom. The number of ketones is 2. The first-order valence-electron chi connectivity index (χ1n) is 12.9. The molecule has 5 rings (SSSR count). The summed E-state index contributed by atoms with van der Waals surface area (Å²) in [6.45, 7) is 0.429. The number of hydrogen-bond acceptors (Lipinski definition) is 11. The number of nitrogens with two attached hydrogens (primary N) is 1. The number of aromatic hydroxyl groups is 1. The van der Waals surface area contributed by atoms with Gasteiger partial charge in [0.1, 0.15) is 17.1 Å². The van der Waals surface area contributed by atoms with Gasteiger partial charge < -0.3 is 36.8 Å². The SMILES string of the molecule is CN(C)[C@@H]1C(O)=C(C(N)=O)C(=O)C2(O)C(O)=C3C(=O)c4c(ccc(NC(=O)CNCc5cccs5)c4O)CC3CC12.Cl.Cl. The Morgan fingerprint density at radius 1 is 1.14 bits per heavy atom. The van der Waals surface area contributed by atoms with Crippen molar-refractivity contribution < 1.29 is 39.6 Å². The second-order valence-corrected chi connectivity index (χ2v) is 11.7. The topological polar surface area (TPSA) is 203 Å². The fourth-order valence-electron chi connectivity index (χ4n) is 6.23. The number of allylic oxidation sites excluding steroid dienone is 1. The number of carbonyl (C=O) groups is 4. The first-order valence-corrected chi connectivity index (χ1v) is 13.8. The molecule has 2 aromatic rings. The molecule has 2 amide bonds. The van der Waals surface area contributed by atoms with Gasteiger partial charge in [-0.3, -0.25) is 24.1 Å². The van der Waals surface area contributed by atoms with E-state index >= 15 is 0 Å². The van der Waals surface area contributed by atoms with E-state index in [0.29, 0.717) is 12.1 Å². The molecule has 0 aliphatic heterocycles. The van der Waals surface area contributed by atoms with Crippen molar-refractivity contribution in [3.8, 4) is 5.75 Å². The van der Waals surface area contributed by atoms with Crippen LogP contribution >= 0.6 is 36.2 Å². The quantitative estimate of drug-likeness (QED) is 0.170. The van der Waals surface area contributed by atoms with Crippen LogP contribution in [0.2, 0.25) is 0 Å². The molecule has 0 saturated carbocycles. The highest BCUT2D eigenvalue weighted by atomic mass is 35.5. The van der Waals surface area contributed by atoms with Crippen LogP contribution in [0.5, 0.6) is 5.75 Å². The van der Waals surface area contributed by atoms with Gasteiger partial charge in [0, 0.05) is 22.9 Å². The number of nitrogens with one attached hydrogen (secondary N) is 2. The first kappa shape index (κ1) is 34.0. The molecule has 15 heteroatoms. The van der Waals surface area contributed by atoms with Gasteiger partial charge in [-0.1, -0.05) is 12.1 Å². The third kappa shape index (κ3) is 5.52. The molecule has 4 atom stereocenters. The van der Waals surface area contributed by atoms with Crippen molar-refractivity contribution in [2.75, 3.05) is 26.0 Å². The zero-order chi connectivity index (χ0) is 29.8. The van der Waals surface area contributed by atoms with Crippen molar-refractivity contribution in [2.45, 2.75) is 31.0 Å². The number of Topliss-reactive ketones (excluding diaryl/α,β-unsaturated/α-hetero) is 2. The molecule has 0 bridgehead atoms. The zero-order valence-electron chi connectivity index (χ0n) is 23.1. The van der Waals surface area contributed by atoms with Crippen LogP contribution in [-0.4, -0.2) is 81.0 Å². The molecule has 12 nitrogen and oxygen atoms in total. The number of nitrogens with zero attached hydrogens (tertiary/aromatic N) is 1. The van der Waals surface area contributed by atoms with Gasteiger partial charge in [-0.05, 0) is 55.9 Å².